The van der Waals surface area contributed by atoms with Gasteiger partial charge in [-0.25, -0.2) is 8.78 Å². The normalized spacial score (nSPS) is 12.1. The smallest absolute Gasteiger partial charge is 0.276 e. The molecule has 0 atom stereocenters. The Morgan fingerprint density at radius 1 is 1.46 bits per heavy atom. The highest BCUT2D eigenvalue weighted by molar-refractivity contribution is 7.12. The van der Waals surface area contributed by atoms with E-state index < -0.39 is 19.0 Å². The number of hydrogen-bond acceptors (Lipinski definition) is 2. The minimum atomic E-state index is -2.89. The van der Waals surface area contributed by atoms with Crippen molar-refractivity contribution in [2.24, 2.45) is 0 Å². The highest BCUT2D eigenvalue weighted by atomic mass is 32.1. The second-order valence-electron chi connectivity index (χ2n) is 3.00. The summed E-state index contributed by atoms with van der Waals surface area (Å²) in [6.45, 7) is 3.00. The standard InChI is InChI=1S/C9H12F2OS/c1-6-5-8(7(2)13-6)9(10,11)3-4-12/h5,12H,3-4H2,1-2H3. The summed E-state index contributed by atoms with van der Waals surface area (Å²) >= 11 is 1.36. The van der Waals surface area contributed by atoms with Crippen molar-refractivity contribution in [3.63, 3.8) is 0 Å². The molecule has 0 saturated heterocycles. The van der Waals surface area contributed by atoms with E-state index in [4.69, 9.17) is 5.11 Å². The number of alkyl halides is 2. The molecule has 4 heteroatoms. The molecule has 0 spiro atoms. The van der Waals surface area contributed by atoms with Gasteiger partial charge in [-0.3, -0.25) is 0 Å². The molecule has 0 amide bonds. The zero-order valence-electron chi connectivity index (χ0n) is 7.60. The Balaban J connectivity index is 2.98. The Bertz CT molecular complexity index is 294. The van der Waals surface area contributed by atoms with Crippen LogP contribution in [0.4, 0.5) is 8.78 Å². The van der Waals surface area contributed by atoms with Gasteiger partial charge in [0.2, 0.25) is 0 Å². The van der Waals surface area contributed by atoms with Crippen LogP contribution in [-0.4, -0.2) is 11.7 Å². The third kappa shape index (κ3) is 2.25. The van der Waals surface area contributed by atoms with E-state index in [0.29, 0.717) is 4.88 Å². The monoisotopic (exact) mass is 206 g/mol. The van der Waals surface area contributed by atoms with Gasteiger partial charge in [0.1, 0.15) is 0 Å². The molecule has 1 aromatic rings. The molecule has 74 valence electrons. The first-order valence-corrected chi connectivity index (χ1v) is 4.85. The number of hydrogen-bond donors (Lipinski definition) is 1. The van der Waals surface area contributed by atoms with Crippen LogP contribution in [0.3, 0.4) is 0 Å². The van der Waals surface area contributed by atoms with Crippen LogP contribution in [0.1, 0.15) is 21.7 Å². The maximum Gasteiger partial charge on any atom is 0.276 e. The van der Waals surface area contributed by atoms with Gasteiger partial charge in [0, 0.05) is 28.3 Å². The van der Waals surface area contributed by atoms with Crippen molar-refractivity contribution in [1.29, 1.82) is 0 Å². The first-order valence-electron chi connectivity index (χ1n) is 4.03. The van der Waals surface area contributed by atoms with Gasteiger partial charge in [-0.15, -0.1) is 11.3 Å². The number of aryl methyl sites for hydroxylation is 2. The summed E-state index contributed by atoms with van der Waals surface area (Å²) in [5.41, 5.74) is 0.0593. The van der Waals surface area contributed by atoms with E-state index >= 15 is 0 Å². The quantitative estimate of drug-likeness (QED) is 0.806. The van der Waals surface area contributed by atoms with Crippen molar-refractivity contribution in [3.05, 3.63) is 21.4 Å². The van der Waals surface area contributed by atoms with E-state index in [1.54, 1.807) is 13.8 Å². The SMILES string of the molecule is Cc1cc(C(F)(F)CCO)c(C)s1. The number of aliphatic hydroxyl groups excluding tert-OH is 1. The van der Waals surface area contributed by atoms with Gasteiger partial charge >= 0.3 is 0 Å². The van der Waals surface area contributed by atoms with Crippen LogP contribution in [0.15, 0.2) is 6.07 Å². The summed E-state index contributed by atoms with van der Waals surface area (Å²) in [6, 6.07) is 1.50. The molecule has 0 aliphatic carbocycles. The second-order valence-corrected chi connectivity index (χ2v) is 4.47. The molecule has 0 aliphatic rings. The fraction of sp³-hybridized carbons (Fsp3) is 0.556. The van der Waals surface area contributed by atoms with Crippen molar-refractivity contribution < 1.29 is 13.9 Å². The van der Waals surface area contributed by atoms with Crippen LogP contribution >= 0.6 is 11.3 Å². The molecule has 0 radical (unpaired) electrons. The lowest BCUT2D eigenvalue weighted by Crippen LogP contribution is -2.15. The van der Waals surface area contributed by atoms with E-state index in [2.05, 4.69) is 0 Å². The minimum absolute atomic E-state index is 0.0593. The molecule has 0 aliphatic heterocycles. The predicted molar refractivity (Wildman–Crippen MR) is 49.4 cm³/mol. The van der Waals surface area contributed by atoms with Crippen LogP contribution in [0, 0.1) is 13.8 Å². The predicted octanol–water partition coefficient (Wildman–Crippen LogP) is 2.84. The van der Waals surface area contributed by atoms with E-state index in [1.807, 2.05) is 0 Å². The topological polar surface area (TPSA) is 20.2 Å². The number of aliphatic hydroxyl groups is 1. The van der Waals surface area contributed by atoms with Crippen molar-refractivity contribution >= 4 is 11.3 Å². The van der Waals surface area contributed by atoms with Gasteiger partial charge in [0.25, 0.3) is 5.92 Å². The molecule has 0 unspecified atom stereocenters. The minimum Gasteiger partial charge on any atom is -0.396 e. The highest BCUT2D eigenvalue weighted by Gasteiger charge is 2.33. The summed E-state index contributed by atoms with van der Waals surface area (Å²) in [5.74, 6) is -2.89. The van der Waals surface area contributed by atoms with Crippen molar-refractivity contribution in [3.8, 4) is 0 Å². The van der Waals surface area contributed by atoms with Crippen molar-refractivity contribution in [2.75, 3.05) is 6.61 Å². The molecule has 0 aromatic carbocycles. The molecule has 1 heterocycles. The summed E-state index contributed by atoms with van der Waals surface area (Å²) in [7, 11) is 0. The molecule has 0 saturated carbocycles. The lowest BCUT2D eigenvalue weighted by molar-refractivity contribution is -0.0270. The van der Waals surface area contributed by atoms with Crippen molar-refractivity contribution in [2.45, 2.75) is 26.2 Å². The maximum atomic E-state index is 13.3. The molecule has 0 bridgehead atoms. The van der Waals surface area contributed by atoms with Crippen molar-refractivity contribution in [1.82, 2.24) is 0 Å². The zero-order chi connectivity index (χ0) is 10.1. The van der Waals surface area contributed by atoms with Crippen LogP contribution in [0.25, 0.3) is 0 Å². The second kappa shape index (κ2) is 3.72. The third-order valence-corrected chi connectivity index (χ3v) is 2.83. The highest BCUT2D eigenvalue weighted by Crippen LogP contribution is 2.37. The Morgan fingerprint density at radius 3 is 2.46 bits per heavy atom. The molecule has 1 rings (SSSR count). The van der Waals surface area contributed by atoms with E-state index in [-0.39, 0.29) is 5.56 Å². The molecule has 1 nitrogen and oxygen atoms in total. The third-order valence-electron chi connectivity index (χ3n) is 1.86. The van der Waals surface area contributed by atoms with E-state index in [9.17, 15) is 8.78 Å². The zero-order valence-corrected chi connectivity index (χ0v) is 8.42. The first-order chi connectivity index (χ1) is 5.97. The molecular formula is C9H12F2OS. The Kier molecular flexibility index (Phi) is 3.03. The van der Waals surface area contributed by atoms with Gasteiger partial charge in [-0.05, 0) is 19.9 Å². The average Bonchev–Trinajstić information content (AvgIpc) is 2.30. The van der Waals surface area contributed by atoms with Gasteiger partial charge < -0.3 is 5.11 Å². The fourth-order valence-corrected chi connectivity index (χ4v) is 2.25. The summed E-state index contributed by atoms with van der Waals surface area (Å²) in [4.78, 5) is 1.51. The number of halogens is 2. The van der Waals surface area contributed by atoms with Crippen LogP contribution < -0.4 is 0 Å². The summed E-state index contributed by atoms with van der Waals surface area (Å²) in [5, 5.41) is 8.48. The largest absolute Gasteiger partial charge is 0.396 e. The number of rotatable bonds is 3. The molecular weight excluding hydrogens is 194 g/mol. The Labute approximate surface area is 80.0 Å². The molecule has 1 N–H and O–H groups in total. The van der Waals surface area contributed by atoms with Crippen LogP contribution in [0.5, 0.6) is 0 Å². The van der Waals surface area contributed by atoms with Gasteiger partial charge in [0.15, 0.2) is 0 Å². The lowest BCUT2D eigenvalue weighted by atomic mass is 10.1. The Hall–Kier alpha value is -0.480. The van der Waals surface area contributed by atoms with E-state index in [0.717, 1.165) is 4.88 Å². The van der Waals surface area contributed by atoms with Gasteiger partial charge in [0.05, 0.1) is 0 Å². The van der Waals surface area contributed by atoms with Crippen LogP contribution in [0.2, 0.25) is 0 Å². The Morgan fingerprint density at radius 2 is 2.08 bits per heavy atom. The number of thiophene rings is 1. The fourth-order valence-electron chi connectivity index (χ4n) is 1.27. The average molecular weight is 206 g/mol. The molecule has 13 heavy (non-hydrogen) atoms. The summed E-state index contributed by atoms with van der Waals surface area (Å²) < 4.78 is 26.6. The molecule has 1 aromatic heterocycles. The summed E-state index contributed by atoms with van der Waals surface area (Å²) in [6.07, 6.45) is -0.496. The van der Waals surface area contributed by atoms with Gasteiger partial charge in [-0.1, -0.05) is 0 Å². The lowest BCUT2D eigenvalue weighted by Gasteiger charge is -2.14. The first kappa shape index (κ1) is 10.6. The van der Waals surface area contributed by atoms with E-state index in [1.165, 1.54) is 17.4 Å². The maximum absolute atomic E-state index is 13.3. The van der Waals surface area contributed by atoms with Crippen LogP contribution in [-0.2, 0) is 5.92 Å². The van der Waals surface area contributed by atoms with Gasteiger partial charge in [-0.2, -0.15) is 0 Å². The molecule has 0 fully saturated rings.